The topological polar surface area (TPSA) is 44.5 Å². The molecule has 0 amide bonds. The van der Waals surface area contributed by atoms with Crippen molar-refractivity contribution >= 4 is 5.69 Å². The first-order chi connectivity index (χ1) is 9.79. The molecule has 3 heteroatoms. The van der Waals surface area contributed by atoms with Crippen molar-refractivity contribution in [2.75, 3.05) is 18.9 Å². The van der Waals surface area contributed by atoms with Gasteiger partial charge in [0.1, 0.15) is 5.75 Å². The van der Waals surface area contributed by atoms with Crippen molar-refractivity contribution in [1.82, 2.24) is 0 Å². The van der Waals surface area contributed by atoms with Crippen LogP contribution in [0.25, 0.3) is 0 Å². The molecule has 112 valence electrons. The van der Waals surface area contributed by atoms with Crippen LogP contribution in [0.3, 0.4) is 0 Å². The van der Waals surface area contributed by atoms with E-state index in [2.05, 4.69) is 6.92 Å². The van der Waals surface area contributed by atoms with E-state index in [4.69, 9.17) is 15.2 Å². The van der Waals surface area contributed by atoms with Gasteiger partial charge < -0.3 is 15.2 Å². The number of benzene rings is 1. The van der Waals surface area contributed by atoms with Crippen LogP contribution in [-0.2, 0) is 4.74 Å². The molecule has 0 aliphatic heterocycles. The molecule has 1 aliphatic carbocycles. The van der Waals surface area contributed by atoms with E-state index >= 15 is 0 Å². The van der Waals surface area contributed by atoms with Gasteiger partial charge in [-0.15, -0.1) is 0 Å². The lowest BCUT2D eigenvalue weighted by atomic mass is 9.85. The fraction of sp³-hybridized carbons (Fsp3) is 0.647. The number of anilines is 1. The molecule has 1 aromatic carbocycles. The van der Waals surface area contributed by atoms with Crippen LogP contribution in [0.2, 0.25) is 0 Å². The zero-order valence-corrected chi connectivity index (χ0v) is 12.5. The Bertz CT molecular complexity index is 394. The summed E-state index contributed by atoms with van der Waals surface area (Å²) in [6.45, 7) is 3.76. The van der Waals surface area contributed by atoms with E-state index in [9.17, 15) is 0 Å². The minimum atomic E-state index is 0.473. The van der Waals surface area contributed by atoms with Crippen LogP contribution in [0.5, 0.6) is 5.75 Å². The zero-order valence-electron chi connectivity index (χ0n) is 12.5. The van der Waals surface area contributed by atoms with E-state index in [1.807, 2.05) is 24.3 Å². The summed E-state index contributed by atoms with van der Waals surface area (Å²) >= 11 is 0. The summed E-state index contributed by atoms with van der Waals surface area (Å²) in [5.41, 5.74) is 6.45. The predicted molar refractivity (Wildman–Crippen MR) is 83.0 cm³/mol. The maximum absolute atomic E-state index is 6.04. The molecule has 1 aliphatic rings. The van der Waals surface area contributed by atoms with Crippen LogP contribution in [0.4, 0.5) is 5.69 Å². The Balaban J connectivity index is 1.61. The van der Waals surface area contributed by atoms with Crippen molar-refractivity contribution in [3.63, 3.8) is 0 Å². The Hall–Kier alpha value is -1.22. The highest BCUT2D eigenvalue weighted by Crippen LogP contribution is 2.29. The molecule has 0 saturated heterocycles. The second-order valence-electron chi connectivity index (χ2n) is 5.64. The van der Waals surface area contributed by atoms with Gasteiger partial charge in [-0.1, -0.05) is 32.3 Å². The van der Waals surface area contributed by atoms with Crippen LogP contribution in [-0.4, -0.2) is 19.3 Å². The lowest BCUT2D eigenvalue weighted by molar-refractivity contribution is -0.0158. The van der Waals surface area contributed by atoms with Crippen LogP contribution < -0.4 is 10.5 Å². The molecular formula is C17H27NO2. The number of nitrogens with two attached hydrogens (primary N) is 1. The van der Waals surface area contributed by atoms with Gasteiger partial charge in [0.2, 0.25) is 0 Å². The van der Waals surface area contributed by atoms with Crippen molar-refractivity contribution in [2.24, 2.45) is 5.92 Å². The second-order valence-corrected chi connectivity index (χ2v) is 5.64. The lowest BCUT2D eigenvalue weighted by Gasteiger charge is -2.30. The molecule has 1 aromatic rings. The molecule has 0 bridgehead atoms. The lowest BCUT2D eigenvalue weighted by Crippen LogP contribution is -2.27. The zero-order chi connectivity index (χ0) is 14.2. The Morgan fingerprint density at radius 1 is 1.20 bits per heavy atom. The molecule has 0 radical (unpaired) electrons. The summed E-state index contributed by atoms with van der Waals surface area (Å²) in [5.74, 6) is 1.60. The third-order valence-corrected chi connectivity index (χ3v) is 4.11. The molecule has 3 nitrogen and oxygen atoms in total. The van der Waals surface area contributed by atoms with Crippen LogP contribution in [0, 0.1) is 5.92 Å². The van der Waals surface area contributed by atoms with Gasteiger partial charge in [0, 0.05) is 18.2 Å². The summed E-state index contributed by atoms with van der Waals surface area (Å²) in [6.07, 6.45) is 7.90. The molecule has 0 heterocycles. The largest absolute Gasteiger partial charge is 0.493 e. The molecule has 0 aromatic heterocycles. The van der Waals surface area contributed by atoms with Gasteiger partial charge in [-0.25, -0.2) is 0 Å². The fourth-order valence-corrected chi connectivity index (χ4v) is 2.95. The number of nitrogen functional groups attached to an aromatic ring is 1. The normalized spacial score (nSPS) is 22.6. The Labute approximate surface area is 122 Å². The van der Waals surface area contributed by atoms with Crippen molar-refractivity contribution < 1.29 is 9.47 Å². The summed E-state index contributed by atoms with van der Waals surface area (Å²) in [6, 6.07) is 7.57. The average Bonchev–Trinajstić information content (AvgIpc) is 2.47. The first-order valence-electron chi connectivity index (χ1n) is 7.89. The Kier molecular flexibility index (Phi) is 6.19. The number of rotatable bonds is 7. The van der Waals surface area contributed by atoms with Crippen LogP contribution >= 0.6 is 0 Å². The molecule has 1 fully saturated rings. The van der Waals surface area contributed by atoms with Crippen molar-refractivity contribution in [2.45, 2.75) is 51.6 Å². The van der Waals surface area contributed by atoms with E-state index < -0.39 is 0 Å². The van der Waals surface area contributed by atoms with E-state index in [0.717, 1.165) is 30.4 Å². The summed E-state index contributed by atoms with van der Waals surface area (Å²) in [5, 5.41) is 0. The highest BCUT2D eigenvalue weighted by molar-refractivity contribution is 5.43. The highest BCUT2D eigenvalue weighted by atomic mass is 16.5. The minimum absolute atomic E-state index is 0.473. The first kappa shape index (κ1) is 15.2. The quantitative estimate of drug-likeness (QED) is 0.604. The summed E-state index contributed by atoms with van der Waals surface area (Å²) < 4.78 is 11.7. The maximum Gasteiger partial charge on any atom is 0.121 e. The van der Waals surface area contributed by atoms with E-state index in [-0.39, 0.29) is 0 Å². The molecule has 1 saturated carbocycles. The van der Waals surface area contributed by atoms with Gasteiger partial charge in [-0.3, -0.25) is 0 Å². The summed E-state index contributed by atoms with van der Waals surface area (Å²) in [4.78, 5) is 0. The van der Waals surface area contributed by atoms with Gasteiger partial charge in [-0.2, -0.15) is 0 Å². The standard InChI is InChI=1S/C17H27NO2/c1-2-14-7-3-4-10-17(14)20-12-6-11-19-16-9-5-8-15(18)13-16/h5,8-9,13-14,17H,2-4,6-7,10-12,18H2,1H3. The van der Waals surface area contributed by atoms with Gasteiger partial charge in [0.25, 0.3) is 0 Å². The Morgan fingerprint density at radius 3 is 2.85 bits per heavy atom. The SMILES string of the molecule is CCC1CCCCC1OCCCOc1cccc(N)c1. The van der Waals surface area contributed by atoms with Gasteiger partial charge in [0.05, 0.1) is 19.3 Å². The average molecular weight is 277 g/mol. The molecule has 2 atom stereocenters. The van der Waals surface area contributed by atoms with Crippen LogP contribution in [0.15, 0.2) is 24.3 Å². The smallest absolute Gasteiger partial charge is 0.121 e. The van der Waals surface area contributed by atoms with E-state index in [1.165, 1.54) is 32.1 Å². The maximum atomic E-state index is 6.04. The highest BCUT2D eigenvalue weighted by Gasteiger charge is 2.23. The third kappa shape index (κ3) is 4.71. The molecule has 2 rings (SSSR count). The van der Waals surface area contributed by atoms with Gasteiger partial charge >= 0.3 is 0 Å². The van der Waals surface area contributed by atoms with E-state index in [0.29, 0.717) is 12.7 Å². The molecule has 2 N–H and O–H groups in total. The number of hydrogen-bond acceptors (Lipinski definition) is 3. The minimum Gasteiger partial charge on any atom is -0.493 e. The molecule has 20 heavy (non-hydrogen) atoms. The molecule has 0 spiro atoms. The monoisotopic (exact) mass is 277 g/mol. The Morgan fingerprint density at radius 2 is 2.05 bits per heavy atom. The van der Waals surface area contributed by atoms with Crippen molar-refractivity contribution in [3.05, 3.63) is 24.3 Å². The van der Waals surface area contributed by atoms with Crippen LogP contribution in [0.1, 0.15) is 45.4 Å². The molecule has 2 unspecified atom stereocenters. The fourth-order valence-electron chi connectivity index (χ4n) is 2.95. The second kappa shape index (κ2) is 8.15. The van der Waals surface area contributed by atoms with E-state index in [1.54, 1.807) is 0 Å². The molecular weight excluding hydrogens is 250 g/mol. The first-order valence-corrected chi connectivity index (χ1v) is 7.89. The van der Waals surface area contributed by atoms with Crippen molar-refractivity contribution in [3.8, 4) is 5.75 Å². The predicted octanol–water partition coefficient (Wildman–Crippen LogP) is 4.02. The van der Waals surface area contributed by atoms with Crippen molar-refractivity contribution in [1.29, 1.82) is 0 Å². The summed E-state index contributed by atoms with van der Waals surface area (Å²) in [7, 11) is 0. The number of hydrogen-bond donors (Lipinski definition) is 1. The van der Waals surface area contributed by atoms with Gasteiger partial charge in [-0.05, 0) is 30.9 Å². The third-order valence-electron chi connectivity index (χ3n) is 4.11. The van der Waals surface area contributed by atoms with Gasteiger partial charge in [0.15, 0.2) is 0 Å². The number of ether oxygens (including phenoxy) is 2.